The Morgan fingerprint density at radius 3 is 2.50 bits per heavy atom. The summed E-state index contributed by atoms with van der Waals surface area (Å²) in [6.07, 6.45) is 7.22. The van der Waals surface area contributed by atoms with Gasteiger partial charge in [0.05, 0.1) is 7.11 Å². The minimum absolute atomic E-state index is 0.384. The highest BCUT2D eigenvalue weighted by molar-refractivity contribution is 5.92. The summed E-state index contributed by atoms with van der Waals surface area (Å²) in [6.45, 7) is 7.97. The van der Waals surface area contributed by atoms with Gasteiger partial charge in [0, 0.05) is 17.9 Å². The first-order chi connectivity index (χ1) is 12.6. The molecular formula is C24H30NO+. The predicted molar refractivity (Wildman–Crippen MR) is 110 cm³/mol. The number of unbranched alkanes of at least 4 members (excludes halogenated alkanes) is 1. The Morgan fingerprint density at radius 2 is 1.85 bits per heavy atom. The molecule has 2 aromatic carbocycles. The van der Waals surface area contributed by atoms with Gasteiger partial charge in [-0.05, 0) is 41.0 Å². The second-order valence-corrected chi connectivity index (χ2v) is 7.35. The molecule has 0 saturated carbocycles. The Balaban J connectivity index is 2.20. The van der Waals surface area contributed by atoms with E-state index in [4.69, 9.17) is 4.74 Å². The monoisotopic (exact) mass is 348 g/mol. The molecule has 0 radical (unpaired) electrons. The molecule has 1 heterocycles. The molecule has 1 unspecified atom stereocenters. The molecule has 136 valence electrons. The van der Waals surface area contributed by atoms with Crippen LogP contribution < -0.4 is 4.74 Å². The van der Waals surface area contributed by atoms with Gasteiger partial charge in [0.2, 0.25) is 0 Å². The number of ether oxygens (including phenoxy) is 1. The molecule has 2 aromatic rings. The molecule has 1 atom stereocenters. The molecule has 0 fully saturated rings. The zero-order valence-corrected chi connectivity index (χ0v) is 16.4. The zero-order chi connectivity index (χ0) is 18.5. The molecule has 0 aromatic heterocycles. The van der Waals surface area contributed by atoms with Crippen LogP contribution in [0.3, 0.4) is 0 Å². The second-order valence-electron chi connectivity index (χ2n) is 7.35. The second kappa shape index (κ2) is 8.35. The highest BCUT2D eigenvalue weighted by Gasteiger charge is 2.28. The maximum Gasteiger partial charge on any atom is 0.174 e. The lowest BCUT2D eigenvalue weighted by Crippen LogP contribution is -2.31. The van der Waals surface area contributed by atoms with Crippen molar-refractivity contribution < 1.29 is 9.31 Å². The molecule has 1 aliphatic heterocycles. The third kappa shape index (κ3) is 3.90. The summed E-state index contributed by atoms with van der Waals surface area (Å²) < 4.78 is 8.04. The van der Waals surface area contributed by atoms with Gasteiger partial charge in [-0.15, -0.1) is 0 Å². The molecule has 1 aliphatic rings. The molecular weight excluding hydrogens is 318 g/mol. The summed E-state index contributed by atoms with van der Waals surface area (Å²) in [4.78, 5) is 0. The Labute approximate surface area is 157 Å². The van der Waals surface area contributed by atoms with Crippen molar-refractivity contribution in [3.05, 3.63) is 71.3 Å². The van der Waals surface area contributed by atoms with Crippen LogP contribution in [-0.4, -0.2) is 30.5 Å². The van der Waals surface area contributed by atoms with Gasteiger partial charge >= 0.3 is 0 Å². The number of rotatable bonds is 6. The van der Waals surface area contributed by atoms with E-state index in [9.17, 15) is 0 Å². The molecule has 2 heteroatoms. The van der Waals surface area contributed by atoms with Gasteiger partial charge in [-0.1, -0.05) is 57.5 Å². The first-order valence-electron chi connectivity index (χ1n) is 9.70. The number of hydrogen-bond donors (Lipinski definition) is 0. The maximum atomic E-state index is 5.52. The highest BCUT2D eigenvalue weighted by Crippen LogP contribution is 2.32. The van der Waals surface area contributed by atoms with Crippen molar-refractivity contribution in [3.63, 3.8) is 0 Å². The summed E-state index contributed by atoms with van der Waals surface area (Å²) >= 11 is 0. The molecule has 26 heavy (non-hydrogen) atoms. The molecule has 0 N–H and O–H groups in total. The van der Waals surface area contributed by atoms with Crippen LogP contribution in [0.4, 0.5) is 0 Å². The third-order valence-electron chi connectivity index (χ3n) is 5.11. The van der Waals surface area contributed by atoms with Crippen molar-refractivity contribution in [2.24, 2.45) is 5.92 Å². The lowest BCUT2D eigenvalue weighted by Gasteiger charge is -2.16. The number of fused-ring (bicyclic) bond motifs is 1. The van der Waals surface area contributed by atoms with Gasteiger partial charge in [-0.3, -0.25) is 0 Å². The standard InChI is InChI=1S/C24H30NO/c1-5-6-14-25-17-20-12-13-21(26-4)15-22(20)23(16-24(25)18(2)3)19-10-8-7-9-11-19/h7-13,15-18,24H,5-6,14H2,1-4H3/q+1. The SMILES string of the molecule is CCCC[N+]1=Cc2ccc(OC)cc2C(c2ccccc2)=CC1C(C)C. The first-order valence-corrected chi connectivity index (χ1v) is 9.70. The lowest BCUT2D eigenvalue weighted by molar-refractivity contribution is -0.557. The van der Waals surface area contributed by atoms with E-state index in [0.29, 0.717) is 12.0 Å². The van der Waals surface area contributed by atoms with Crippen LogP contribution in [0.2, 0.25) is 0 Å². The molecule has 2 nitrogen and oxygen atoms in total. The van der Waals surface area contributed by atoms with Gasteiger partial charge in [0.25, 0.3) is 0 Å². The normalized spacial score (nSPS) is 16.6. The molecule has 0 saturated heterocycles. The van der Waals surface area contributed by atoms with Crippen molar-refractivity contribution in [1.82, 2.24) is 0 Å². The van der Waals surface area contributed by atoms with Crippen LogP contribution >= 0.6 is 0 Å². The lowest BCUT2D eigenvalue weighted by atomic mass is 9.91. The molecule has 0 bridgehead atoms. The third-order valence-corrected chi connectivity index (χ3v) is 5.11. The predicted octanol–water partition coefficient (Wildman–Crippen LogP) is 5.40. The average molecular weight is 349 g/mol. The van der Waals surface area contributed by atoms with Crippen LogP contribution in [0.15, 0.2) is 54.6 Å². The van der Waals surface area contributed by atoms with Gasteiger partial charge < -0.3 is 4.74 Å². The van der Waals surface area contributed by atoms with E-state index in [2.05, 4.69) is 86.2 Å². The number of benzene rings is 2. The van der Waals surface area contributed by atoms with Crippen molar-refractivity contribution in [1.29, 1.82) is 0 Å². The molecule has 3 rings (SSSR count). The highest BCUT2D eigenvalue weighted by atomic mass is 16.5. The minimum Gasteiger partial charge on any atom is -0.497 e. The number of nitrogens with zero attached hydrogens (tertiary/aromatic N) is 1. The van der Waals surface area contributed by atoms with E-state index in [1.807, 2.05) is 0 Å². The fourth-order valence-electron chi connectivity index (χ4n) is 3.63. The van der Waals surface area contributed by atoms with E-state index in [1.54, 1.807) is 7.11 Å². The van der Waals surface area contributed by atoms with E-state index >= 15 is 0 Å². The summed E-state index contributed by atoms with van der Waals surface area (Å²) in [6, 6.07) is 17.5. The summed E-state index contributed by atoms with van der Waals surface area (Å²) in [5.74, 6) is 1.44. The van der Waals surface area contributed by atoms with E-state index < -0.39 is 0 Å². The van der Waals surface area contributed by atoms with Crippen molar-refractivity contribution >= 4 is 11.8 Å². The van der Waals surface area contributed by atoms with E-state index in [0.717, 1.165) is 12.3 Å². The van der Waals surface area contributed by atoms with Crippen molar-refractivity contribution in [2.45, 2.75) is 39.7 Å². The van der Waals surface area contributed by atoms with Crippen molar-refractivity contribution in [2.75, 3.05) is 13.7 Å². The van der Waals surface area contributed by atoms with E-state index in [-0.39, 0.29) is 0 Å². The van der Waals surface area contributed by atoms with Gasteiger partial charge in [-0.25, -0.2) is 4.58 Å². The smallest absolute Gasteiger partial charge is 0.174 e. The Morgan fingerprint density at radius 1 is 1.08 bits per heavy atom. The fraction of sp³-hybridized carbons (Fsp3) is 0.375. The van der Waals surface area contributed by atoms with Crippen LogP contribution in [-0.2, 0) is 0 Å². The minimum atomic E-state index is 0.384. The summed E-state index contributed by atoms with van der Waals surface area (Å²) in [5, 5.41) is 0. The van der Waals surface area contributed by atoms with Crippen LogP contribution in [0.1, 0.15) is 50.3 Å². The zero-order valence-electron chi connectivity index (χ0n) is 16.4. The Bertz CT molecular complexity index is 802. The van der Waals surface area contributed by atoms with Crippen LogP contribution in [0.25, 0.3) is 5.57 Å². The summed E-state index contributed by atoms with van der Waals surface area (Å²) in [5.41, 5.74) is 5.08. The maximum absolute atomic E-state index is 5.52. The van der Waals surface area contributed by atoms with E-state index in [1.165, 1.54) is 35.1 Å². The largest absolute Gasteiger partial charge is 0.497 e. The van der Waals surface area contributed by atoms with Gasteiger partial charge in [-0.2, -0.15) is 0 Å². The number of hydrogen-bond acceptors (Lipinski definition) is 1. The average Bonchev–Trinajstić information content (AvgIpc) is 2.83. The quantitative estimate of drug-likeness (QED) is 0.637. The number of methoxy groups -OCH3 is 1. The van der Waals surface area contributed by atoms with Crippen molar-refractivity contribution in [3.8, 4) is 5.75 Å². The molecule has 0 aliphatic carbocycles. The van der Waals surface area contributed by atoms with Crippen LogP contribution in [0.5, 0.6) is 5.75 Å². The Hall–Kier alpha value is -2.35. The summed E-state index contributed by atoms with van der Waals surface area (Å²) in [7, 11) is 1.73. The fourth-order valence-corrected chi connectivity index (χ4v) is 3.63. The van der Waals surface area contributed by atoms with Gasteiger partial charge in [0.15, 0.2) is 12.3 Å². The molecule has 0 amide bonds. The van der Waals surface area contributed by atoms with Gasteiger partial charge in [0.1, 0.15) is 12.3 Å². The Kier molecular flexibility index (Phi) is 5.92. The first kappa shape index (κ1) is 18.4. The topological polar surface area (TPSA) is 12.2 Å². The van der Waals surface area contributed by atoms with Crippen LogP contribution in [0, 0.1) is 5.92 Å². The molecule has 0 spiro atoms.